The third-order valence-corrected chi connectivity index (χ3v) is 2.33. The van der Waals surface area contributed by atoms with E-state index in [1.165, 1.54) is 0 Å². The van der Waals surface area contributed by atoms with Crippen LogP contribution in [-0.2, 0) is 0 Å². The first-order valence-electron chi connectivity index (χ1n) is 3.52. The molecule has 1 aromatic carbocycles. The molecule has 0 aliphatic heterocycles. The third kappa shape index (κ3) is 1.73. The van der Waals surface area contributed by atoms with E-state index in [2.05, 4.69) is 0 Å². The van der Waals surface area contributed by atoms with E-state index in [1.54, 1.807) is 24.9 Å². The molecule has 0 aliphatic rings. The Labute approximate surface area is 76.6 Å². The molecule has 0 unspecified atom stereocenters. The fraction of sp³-hybridized carbons (Fsp3) is 0.222. The Bertz CT molecular complexity index is 238. The highest BCUT2D eigenvalue weighted by Crippen LogP contribution is 2.31. The first-order chi connectivity index (χ1) is 5.83. The Morgan fingerprint density at radius 3 is 2.75 bits per heavy atom. The number of thioether (sulfide) groups is 1. The molecule has 0 fully saturated rings. The second kappa shape index (κ2) is 4.38. The summed E-state index contributed by atoms with van der Waals surface area (Å²) in [6.45, 7) is 1.05. The highest BCUT2D eigenvalue weighted by atomic mass is 32.2. The largest absolute Gasteiger partial charge is 0.495 e. The monoisotopic (exact) mass is 183 g/mol. The maximum atomic E-state index is 8.86. The lowest BCUT2D eigenvalue weighted by Crippen LogP contribution is -1.91. The summed E-state index contributed by atoms with van der Waals surface area (Å²) in [5.41, 5.74) is 0.712. The fourth-order valence-electron chi connectivity index (χ4n) is 1.01. The van der Waals surface area contributed by atoms with Crippen LogP contribution in [0.1, 0.15) is 5.56 Å². The average molecular weight is 183 g/mol. The van der Waals surface area contributed by atoms with Crippen LogP contribution >= 0.6 is 11.8 Å². The second-order valence-electron chi connectivity index (χ2n) is 2.21. The van der Waals surface area contributed by atoms with Crippen LogP contribution in [0.4, 0.5) is 0 Å². The van der Waals surface area contributed by atoms with Gasteiger partial charge in [0.2, 0.25) is 0 Å². The van der Waals surface area contributed by atoms with E-state index in [-0.39, 0.29) is 0 Å². The van der Waals surface area contributed by atoms with Gasteiger partial charge < -0.3 is 9.84 Å². The van der Waals surface area contributed by atoms with Crippen molar-refractivity contribution in [2.75, 3.05) is 13.4 Å². The van der Waals surface area contributed by atoms with Gasteiger partial charge in [-0.2, -0.15) is 0 Å². The Kier molecular flexibility index (Phi) is 3.44. The molecule has 0 saturated carbocycles. The molecular weight excluding hydrogens is 172 g/mol. The van der Waals surface area contributed by atoms with Gasteiger partial charge in [0.05, 0.1) is 7.11 Å². The molecule has 0 heterocycles. The number of para-hydroxylation sites is 1. The van der Waals surface area contributed by atoms with Gasteiger partial charge in [-0.05, 0) is 12.3 Å². The number of rotatable bonds is 3. The van der Waals surface area contributed by atoms with E-state index in [0.29, 0.717) is 5.56 Å². The highest BCUT2D eigenvalue weighted by molar-refractivity contribution is 7.98. The Morgan fingerprint density at radius 2 is 2.25 bits per heavy atom. The highest BCUT2D eigenvalue weighted by Gasteiger charge is 2.06. The molecule has 0 aliphatic carbocycles. The minimum atomic E-state index is 0.712. The molecule has 1 radical (unpaired) electrons. The van der Waals surface area contributed by atoms with E-state index >= 15 is 0 Å². The molecule has 65 valence electrons. The zero-order chi connectivity index (χ0) is 8.97. The lowest BCUT2D eigenvalue weighted by Gasteiger charge is -2.09. The van der Waals surface area contributed by atoms with Crippen molar-refractivity contribution in [3.63, 3.8) is 0 Å². The normalized spacial score (nSPS) is 9.92. The quantitative estimate of drug-likeness (QED) is 0.729. The summed E-state index contributed by atoms with van der Waals surface area (Å²) in [5, 5.41) is 8.86. The molecule has 1 aromatic rings. The standard InChI is InChI=1S/C9H11O2S/c1-11-9-7(6-10)4-3-5-8(9)12-2/h3-6,10H,1-2H3. The third-order valence-electron chi connectivity index (χ3n) is 1.57. The van der Waals surface area contributed by atoms with Crippen LogP contribution in [0, 0.1) is 6.61 Å². The summed E-state index contributed by atoms with van der Waals surface area (Å²) in [5.74, 6) is 0.729. The van der Waals surface area contributed by atoms with E-state index in [4.69, 9.17) is 9.84 Å². The van der Waals surface area contributed by atoms with Crippen LogP contribution < -0.4 is 4.74 Å². The molecule has 1 N–H and O–H groups in total. The number of hydrogen-bond donors (Lipinski definition) is 1. The van der Waals surface area contributed by atoms with Gasteiger partial charge in [-0.25, -0.2) is 0 Å². The van der Waals surface area contributed by atoms with Crippen LogP contribution in [-0.4, -0.2) is 18.5 Å². The smallest absolute Gasteiger partial charge is 0.138 e. The van der Waals surface area contributed by atoms with Gasteiger partial charge in [0.25, 0.3) is 0 Å². The van der Waals surface area contributed by atoms with Crippen molar-refractivity contribution >= 4 is 11.8 Å². The van der Waals surface area contributed by atoms with Gasteiger partial charge in [-0.15, -0.1) is 11.8 Å². The number of methoxy groups -OCH3 is 1. The minimum Gasteiger partial charge on any atom is -0.495 e. The first-order valence-corrected chi connectivity index (χ1v) is 4.74. The first kappa shape index (κ1) is 9.42. The predicted molar refractivity (Wildman–Crippen MR) is 50.1 cm³/mol. The molecule has 1 rings (SSSR count). The van der Waals surface area contributed by atoms with Gasteiger partial charge in [0.15, 0.2) is 0 Å². The van der Waals surface area contributed by atoms with Gasteiger partial charge >= 0.3 is 0 Å². The topological polar surface area (TPSA) is 29.5 Å². The molecule has 0 spiro atoms. The van der Waals surface area contributed by atoms with E-state index in [0.717, 1.165) is 17.3 Å². The molecule has 0 amide bonds. The fourth-order valence-corrected chi connectivity index (χ4v) is 1.61. The number of hydrogen-bond acceptors (Lipinski definition) is 3. The Balaban J connectivity index is 3.13. The van der Waals surface area contributed by atoms with Gasteiger partial charge in [-0.1, -0.05) is 12.1 Å². The summed E-state index contributed by atoms with van der Waals surface area (Å²) >= 11 is 1.59. The minimum absolute atomic E-state index is 0.712. The molecular formula is C9H11O2S. The van der Waals surface area contributed by atoms with Crippen molar-refractivity contribution in [1.29, 1.82) is 0 Å². The molecule has 0 aromatic heterocycles. The van der Waals surface area contributed by atoms with Crippen LogP contribution in [0.2, 0.25) is 0 Å². The van der Waals surface area contributed by atoms with Crippen LogP contribution in [0.5, 0.6) is 5.75 Å². The van der Waals surface area contributed by atoms with Crippen LogP contribution in [0.25, 0.3) is 0 Å². The summed E-state index contributed by atoms with van der Waals surface area (Å²) in [4.78, 5) is 1.03. The SMILES string of the molecule is COc1c([CH]O)cccc1SC. The lowest BCUT2D eigenvalue weighted by atomic mass is 10.2. The van der Waals surface area contributed by atoms with Crippen molar-refractivity contribution < 1.29 is 9.84 Å². The van der Waals surface area contributed by atoms with Gasteiger partial charge in [-0.3, -0.25) is 0 Å². The molecule has 0 atom stereocenters. The molecule has 3 heteroatoms. The van der Waals surface area contributed by atoms with Crippen molar-refractivity contribution in [3.8, 4) is 5.75 Å². The average Bonchev–Trinajstić information content (AvgIpc) is 2.16. The number of ether oxygens (including phenoxy) is 1. The number of aliphatic hydroxyl groups excluding tert-OH is 1. The summed E-state index contributed by atoms with van der Waals surface area (Å²) in [6.07, 6.45) is 1.97. The Hall–Kier alpha value is -0.670. The zero-order valence-electron chi connectivity index (χ0n) is 7.07. The zero-order valence-corrected chi connectivity index (χ0v) is 7.89. The summed E-state index contributed by atoms with van der Waals surface area (Å²) < 4.78 is 5.15. The maximum absolute atomic E-state index is 8.86. The molecule has 12 heavy (non-hydrogen) atoms. The molecule has 2 nitrogen and oxygen atoms in total. The van der Waals surface area contributed by atoms with Crippen LogP contribution in [0.15, 0.2) is 23.1 Å². The predicted octanol–water partition coefficient (Wildman–Crippen LogP) is 2.30. The van der Waals surface area contributed by atoms with Crippen molar-refractivity contribution in [3.05, 3.63) is 30.4 Å². The maximum Gasteiger partial charge on any atom is 0.138 e. The Morgan fingerprint density at radius 1 is 1.50 bits per heavy atom. The second-order valence-corrected chi connectivity index (χ2v) is 3.06. The van der Waals surface area contributed by atoms with E-state index in [9.17, 15) is 0 Å². The van der Waals surface area contributed by atoms with Gasteiger partial charge in [0, 0.05) is 10.5 Å². The van der Waals surface area contributed by atoms with E-state index in [1.807, 2.05) is 18.4 Å². The molecule has 0 bridgehead atoms. The lowest BCUT2D eigenvalue weighted by molar-refractivity contribution is 0.377. The number of benzene rings is 1. The number of aliphatic hydroxyl groups is 1. The molecule has 0 saturated heterocycles. The summed E-state index contributed by atoms with van der Waals surface area (Å²) in [6, 6.07) is 5.64. The van der Waals surface area contributed by atoms with Crippen molar-refractivity contribution in [2.45, 2.75) is 4.90 Å². The van der Waals surface area contributed by atoms with Gasteiger partial charge in [0.1, 0.15) is 12.4 Å². The van der Waals surface area contributed by atoms with Crippen LogP contribution in [0.3, 0.4) is 0 Å². The van der Waals surface area contributed by atoms with Crippen molar-refractivity contribution in [2.24, 2.45) is 0 Å². The van der Waals surface area contributed by atoms with Crippen molar-refractivity contribution in [1.82, 2.24) is 0 Å². The van der Waals surface area contributed by atoms with E-state index < -0.39 is 0 Å². The summed E-state index contributed by atoms with van der Waals surface area (Å²) in [7, 11) is 1.60.